The van der Waals surface area contributed by atoms with Gasteiger partial charge in [-0.05, 0) is 61.9 Å². The Bertz CT molecular complexity index is 1730. The molecule has 39 heavy (non-hydrogen) atoms. The van der Waals surface area contributed by atoms with Crippen molar-refractivity contribution in [1.82, 2.24) is 9.58 Å². The smallest absolute Gasteiger partial charge is 0.283 e. The fraction of sp³-hybridized carbons (Fsp3) is 0.161. The van der Waals surface area contributed by atoms with Crippen molar-refractivity contribution in [2.45, 2.75) is 27.3 Å². The highest BCUT2D eigenvalue weighted by molar-refractivity contribution is 8.27. The van der Waals surface area contributed by atoms with Crippen LogP contribution in [-0.4, -0.2) is 38.1 Å². The predicted molar refractivity (Wildman–Crippen MR) is 159 cm³/mol. The lowest BCUT2D eigenvalue weighted by atomic mass is 10.1. The minimum absolute atomic E-state index is 0.0229. The van der Waals surface area contributed by atoms with E-state index in [1.807, 2.05) is 62.5 Å². The van der Waals surface area contributed by atoms with Crippen molar-refractivity contribution >= 4 is 50.7 Å². The zero-order chi connectivity index (χ0) is 27.1. The lowest BCUT2D eigenvalue weighted by Gasteiger charge is -2.20. The SMILES string of the molecule is Cc1ccc(C2=NN3C(=N)/C(=C/c4cn(CCOc5cc(C)ccc5C)c5ccccc45)C(=O)N=C3S2)cc1. The number of nitrogens with zero attached hydrogens (tertiary/aromatic N) is 4. The summed E-state index contributed by atoms with van der Waals surface area (Å²) in [6, 6.07) is 22.2. The monoisotopic (exact) mass is 533 g/mol. The predicted octanol–water partition coefficient (Wildman–Crippen LogP) is 6.31. The lowest BCUT2D eigenvalue weighted by molar-refractivity contribution is -0.114. The number of hydrazone groups is 1. The number of amidine groups is 2. The molecule has 2 aliphatic heterocycles. The van der Waals surface area contributed by atoms with Gasteiger partial charge in [-0.2, -0.15) is 15.1 Å². The van der Waals surface area contributed by atoms with E-state index in [0.717, 1.165) is 44.5 Å². The maximum absolute atomic E-state index is 13.1. The normalized spacial score (nSPS) is 16.1. The number of carbonyl (C=O) groups excluding carboxylic acids is 1. The Hall–Kier alpha value is -4.43. The maximum Gasteiger partial charge on any atom is 0.283 e. The van der Waals surface area contributed by atoms with Crippen LogP contribution in [0.2, 0.25) is 0 Å². The summed E-state index contributed by atoms with van der Waals surface area (Å²) in [4.78, 5) is 17.3. The van der Waals surface area contributed by atoms with Crippen LogP contribution in [0.15, 0.2) is 88.6 Å². The van der Waals surface area contributed by atoms with Gasteiger partial charge in [-0.15, -0.1) is 0 Å². The maximum atomic E-state index is 13.1. The Morgan fingerprint density at radius 2 is 1.77 bits per heavy atom. The highest BCUT2D eigenvalue weighted by Gasteiger charge is 2.36. The van der Waals surface area contributed by atoms with E-state index in [-0.39, 0.29) is 11.4 Å². The number of para-hydroxylation sites is 1. The van der Waals surface area contributed by atoms with Gasteiger partial charge >= 0.3 is 0 Å². The molecule has 0 radical (unpaired) electrons. The Morgan fingerprint density at radius 3 is 2.59 bits per heavy atom. The number of aryl methyl sites for hydroxylation is 3. The highest BCUT2D eigenvalue weighted by Crippen LogP contribution is 2.32. The summed E-state index contributed by atoms with van der Waals surface area (Å²) in [7, 11) is 0. The van der Waals surface area contributed by atoms with Crippen LogP contribution in [0.1, 0.15) is 27.8 Å². The molecule has 0 unspecified atom stereocenters. The van der Waals surface area contributed by atoms with Gasteiger partial charge in [-0.25, -0.2) is 0 Å². The topological polar surface area (TPSA) is 83.0 Å². The Morgan fingerprint density at radius 1 is 1.00 bits per heavy atom. The van der Waals surface area contributed by atoms with Gasteiger partial charge < -0.3 is 9.30 Å². The first-order chi connectivity index (χ1) is 18.9. The average Bonchev–Trinajstić information content (AvgIpc) is 3.51. The van der Waals surface area contributed by atoms with Crippen LogP contribution in [0.4, 0.5) is 0 Å². The minimum atomic E-state index is -0.436. The first-order valence-electron chi connectivity index (χ1n) is 12.7. The summed E-state index contributed by atoms with van der Waals surface area (Å²) in [5.41, 5.74) is 6.44. The largest absolute Gasteiger partial charge is 0.491 e. The number of hydrogen-bond acceptors (Lipinski definition) is 5. The third-order valence-electron chi connectivity index (χ3n) is 6.81. The summed E-state index contributed by atoms with van der Waals surface area (Å²) in [6.45, 7) is 7.26. The zero-order valence-corrected chi connectivity index (χ0v) is 22.7. The van der Waals surface area contributed by atoms with E-state index in [1.54, 1.807) is 6.08 Å². The van der Waals surface area contributed by atoms with Crippen LogP contribution >= 0.6 is 11.8 Å². The zero-order valence-electron chi connectivity index (χ0n) is 21.9. The molecule has 3 heterocycles. The number of aromatic nitrogens is 1. The summed E-state index contributed by atoms with van der Waals surface area (Å²) in [5.74, 6) is 0.474. The van der Waals surface area contributed by atoms with Crippen LogP contribution in [0.3, 0.4) is 0 Å². The van der Waals surface area contributed by atoms with E-state index in [2.05, 4.69) is 45.9 Å². The molecule has 0 aliphatic carbocycles. The van der Waals surface area contributed by atoms with Gasteiger partial charge in [-0.1, -0.05) is 60.2 Å². The number of ether oxygens (including phenoxy) is 1. The van der Waals surface area contributed by atoms with Gasteiger partial charge in [0.25, 0.3) is 5.91 Å². The second-order valence-electron chi connectivity index (χ2n) is 9.70. The molecular formula is C31H27N5O2S. The van der Waals surface area contributed by atoms with E-state index < -0.39 is 5.91 Å². The molecule has 1 amide bonds. The van der Waals surface area contributed by atoms with Crippen molar-refractivity contribution in [1.29, 1.82) is 5.41 Å². The van der Waals surface area contributed by atoms with Gasteiger partial charge in [0, 0.05) is 28.2 Å². The van der Waals surface area contributed by atoms with Gasteiger partial charge in [0.2, 0.25) is 5.17 Å². The van der Waals surface area contributed by atoms with Crippen molar-refractivity contribution in [2.75, 3.05) is 6.61 Å². The Kier molecular flexibility index (Phi) is 6.40. The first-order valence-corrected chi connectivity index (χ1v) is 13.5. The van der Waals surface area contributed by atoms with Crippen LogP contribution in [0.5, 0.6) is 5.75 Å². The van der Waals surface area contributed by atoms with E-state index in [4.69, 9.17) is 10.1 Å². The van der Waals surface area contributed by atoms with E-state index in [9.17, 15) is 4.79 Å². The van der Waals surface area contributed by atoms with Crippen molar-refractivity contribution in [2.24, 2.45) is 10.1 Å². The molecule has 0 fully saturated rings. The van der Waals surface area contributed by atoms with Gasteiger partial charge in [0.1, 0.15) is 17.4 Å². The van der Waals surface area contributed by atoms with Crippen molar-refractivity contribution in [3.8, 4) is 5.75 Å². The number of thioether (sulfide) groups is 1. The number of rotatable bonds is 6. The first kappa shape index (κ1) is 24.9. The van der Waals surface area contributed by atoms with Gasteiger partial charge in [0.15, 0.2) is 5.84 Å². The summed E-state index contributed by atoms with van der Waals surface area (Å²) >= 11 is 1.30. The molecule has 6 rings (SSSR count). The minimum Gasteiger partial charge on any atom is -0.491 e. The number of nitrogens with one attached hydrogen (secondary N) is 1. The number of benzene rings is 3. The lowest BCUT2D eigenvalue weighted by Crippen LogP contribution is -2.35. The fourth-order valence-corrected chi connectivity index (χ4v) is 5.55. The molecule has 0 saturated heterocycles. The van der Waals surface area contributed by atoms with Crippen molar-refractivity contribution in [3.05, 3.63) is 106 Å². The van der Waals surface area contributed by atoms with Crippen molar-refractivity contribution < 1.29 is 9.53 Å². The molecule has 0 spiro atoms. The standard InChI is InChI=1S/C31H27N5O2S/c1-19-9-12-22(13-10-19)30-34-36-28(32)25(29(37)33-31(36)39-30)17-23-18-35(26-7-5-4-6-24(23)26)14-15-38-27-16-20(2)8-11-21(27)3/h4-13,16-18,32H,14-15H2,1-3H3/b25-17-,32-28?. The molecule has 0 saturated carbocycles. The number of amides is 1. The Labute approximate surface area is 231 Å². The molecule has 8 heteroatoms. The third kappa shape index (κ3) is 4.79. The summed E-state index contributed by atoms with van der Waals surface area (Å²) in [5, 5.41) is 17.0. The highest BCUT2D eigenvalue weighted by atomic mass is 32.2. The van der Waals surface area contributed by atoms with E-state index in [1.165, 1.54) is 16.8 Å². The van der Waals surface area contributed by atoms with Gasteiger partial charge in [0.05, 0.1) is 12.1 Å². The average molecular weight is 534 g/mol. The van der Waals surface area contributed by atoms with Crippen LogP contribution in [0, 0.1) is 26.2 Å². The quantitative estimate of drug-likeness (QED) is 0.294. The van der Waals surface area contributed by atoms with Crippen LogP contribution in [0.25, 0.3) is 17.0 Å². The van der Waals surface area contributed by atoms with Crippen molar-refractivity contribution in [3.63, 3.8) is 0 Å². The Balaban J connectivity index is 1.28. The third-order valence-corrected chi connectivity index (χ3v) is 7.76. The number of aliphatic imine (C=N–C) groups is 1. The molecule has 0 bridgehead atoms. The number of carbonyl (C=O) groups is 1. The second kappa shape index (κ2) is 10.0. The molecule has 194 valence electrons. The van der Waals surface area contributed by atoms with Crippen LogP contribution < -0.4 is 4.74 Å². The summed E-state index contributed by atoms with van der Waals surface area (Å²) < 4.78 is 8.22. The molecule has 1 N–H and O–H groups in total. The molecule has 3 aromatic carbocycles. The number of hydrogen-bond donors (Lipinski definition) is 1. The molecule has 1 aromatic heterocycles. The molecular weight excluding hydrogens is 506 g/mol. The molecule has 7 nitrogen and oxygen atoms in total. The molecule has 2 aliphatic rings. The van der Waals surface area contributed by atoms with E-state index in [0.29, 0.717) is 23.4 Å². The molecule has 0 atom stereocenters. The second-order valence-corrected chi connectivity index (χ2v) is 10.7. The molecule has 4 aromatic rings. The van der Waals surface area contributed by atoms with E-state index >= 15 is 0 Å². The fourth-order valence-electron chi connectivity index (χ4n) is 4.65. The van der Waals surface area contributed by atoms with Gasteiger partial charge in [-0.3, -0.25) is 10.2 Å². The summed E-state index contributed by atoms with van der Waals surface area (Å²) in [6.07, 6.45) is 3.75. The van der Waals surface area contributed by atoms with Crippen LogP contribution in [-0.2, 0) is 11.3 Å². The number of fused-ring (bicyclic) bond motifs is 2.